The molecule has 1 aromatic rings. The van der Waals surface area contributed by atoms with Crippen molar-refractivity contribution in [1.29, 1.82) is 0 Å². The highest BCUT2D eigenvalue weighted by Gasteiger charge is 2.19. The summed E-state index contributed by atoms with van der Waals surface area (Å²) in [6, 6.07) is 8.75. The number of benzene rings is 1. The van der Waals surface area contributed by atoms with Gasteiger partial charge in [0.2, 0.25) is 0 Å². The normalized spacial score (nSPS) is 21.6. The van der Waals surface area contributed by atoms with Crippen LogP contribution in [0.3, 0.4) is 0 Å². The molecule has 0 saturated carbocycles. The van der Waals surface area contributed by atoms with E-state index in [1.54, 1.807) is 0 Å². The summed E-state index contributed by atoms with van der Waals surface area (Å²) in [6.07, 6.45) is 2.73. The van der Waals surface area contributed by atoms with E-state index in [1.807, 2.05) is 0 Å². The zero-order chi connectivity index (χ0) is 12.1. The fourth-order valence-electron chi connectivity index (χ4n) is 2.78. The molecule has 0 aromatic heterocycles. The number of likely N-dealkylation sites (tertiary alicyclic amines) is 1. The van der Waals surface area contributed by atoms with Gasteiger partial charge in [0.05, 0.1) is 0 Å². The van der Waals surface area contributed by atoms with Gasteiger partial charge >= 0.3 is 0 Å². The van der Waals surface area contributed by atoms with E-state index in [-0.39, 0.29) is 0 Å². The standard InChI is InChI=1S/C15H24N2/c1-13-6-3-4-8-15(13)12-17-9-5-7-14(11-17)10-16-2/h3-4,6,8,14,16H,5,7,9-12H2,1-2H3. The number of nitrogens with one attached hydrogen (secondary N) is 1. The topological polar surface area (TPSA) is 15.3 Å². The van der Waals surface area contributed by atoms with Crippen LogP contribution in [0.2, 0.25) is 0 Å². The van der Waals surface area contributed by atoms with Crippen LogP contribution in [-0.4, -0.2) is 31.6 Å². The lowest BCUT2D eigenvalue weighted by atomic mass is 9.97. The first kappa shape index (κ1) is 12.6. The van der Waals surface area contributed by atoms with Crippen molar-refractivity contribution in [3.05, 3.63) is 35.4 Å². The molecule has 1 aliphatic rings. The van der Waals surface area contributed by atoms with Gasteiger partial charge in [0.25, 0.3) is 0 Å². The number of aryl methyl sites for hydroxylation is 1. The lowest BCUT2D eigenvalue weighted by Crippen LogP contribution is -2.38. The molecule has 1 fully saturated rings. The van der Waals surface area contributed by atoms with E-state index in [1.165, 1.54) is 37.1 Å². The van der Waals surface area contributed by atoms with E-state index in [0.29, 0.717) is 0 Å². The van der Waals surface area contributed by atoms with Crippen LogP contribution >= 0.6 is 0 Å². The highest BCUT2D eigenvalue weighted by Crippen LogP contribution is 2.19. The van der Waals surface area contributed by atoms with Gasteiger partial charge in [0, 0.05) is 13.1 Å². The number of hydrogen-bond donors (Lipinski definition) is 1. The van der Waals surface area contributed by atoms with Crippen molar-refractivity contribution >= 4 is 0 Å². The molecule has 2 rings (SSSR count). The van der Waals surface area contributed by atoms with Crippen molar-refractivity contribution in [3.63, 3.8) is 0 Å². The molecule has 0 aliphatic carbocycles. The Bertz CT molecular complexity index is 347. The van der Waals surface area contributed by atoms with E-state index >= 15 is 0 Å². The Kier molecular flexibility index (Phi) is 4.57. The maximum atomic E-state index is 3.31. The fourth-order valence-corrected chi connectivity index (χ4v) is 2.78. The van der Waals surface area contributed by atoms with Crippen LogP contribution in [0.1, 0.15) is 24.0 Å². The number of piperidine rings is 1. The smallest absolute Gasteiger partial charge is 0.0236 e. The lowest BCUT2D eigenvalue weighted by Gasteiger charge is -2.33. The summed E-state index contributed by atoms with van der Waals surface area (Å²) < 4.78 is 0. The van der Waals surface area contributed by atoms with Crippen molar-refractivity contribution in [2.45, 2.75) is 26.3 Å². The van der Waals surface area contributed by atoms with Crippen molar-refractivity contribution in [2.75, 3.05) is 26.7 Å². The third kappa shape index (κ3) is 3.55. The molecular weight excluding hydrogens is 208 g/mol. The number of nitrogens with zero attached hydrogens (tertiary/aromatic N) is 1. The monoisotopic (exact) mass is 232 g/mol. The molecule has 1 aromatic carbocycles. The summed E-state index contributed by atoms with van der Waals surface area (Å²) in [5, 5.41) is 3.31. The van der Waals surface area contributed by atoms with Crippen LogP contribution in [0, 0.1) is 12.8 Å². The minimum Gasteiger partial charge on any atom is -0.319 e. The van der Waals surface area contributed by atoms with Gasteiger partial charge in [-0.2, -0.15) is 0 Å². The predicted molar refractivity (Wildman–Crippen MR) is 73.1 cm³/mol. The molecule has 1 N–H and O–H groups in total. The summed E-state index contributed by atoms with van der Waals surface area (Å²) >= 11 is 0. The first-order valence-electron chi connectivity index (χ1n) is 6.71. The summed E-state index contributed by atoms with van der Waals surface area (Å²) in [7, 11) is 2.06. The third-order valence-corrected chi connectivity index (χ3v) is 3.75. The fraction of sp³-hybridized carbons (Fsp3) is 0.600. The molecule has 17 heavy (non-hydrogen) atoms. The van der Waals surface area contributed by atoms with Gasteiger partial charge in [-0.05, 0) is 56.9 Å². The molecule has 0 radical (unpaired) electrons. The largest absolute Gasteiger partial charge is 0.319 e. The van der Waals surface area contributed by atoms with Crippen molar-refractivity contribution in [1.82, 2.24) is 10.2 Å². The lowest BCUT2D eigenvalue weighted by molar-refractivity contribution is 0.166. The van der Waals surface area contributed by atoms with Crippen molar-refractivity contribution in [3.8, 4) is 0 Å². The van der Waals surface area contributed by atoms with Gasteiger partial charge in [0.1, 0.15) is 0 Å². The number of rotatable bonds is 4. The van der Waals surface area contributed by atoms with E-state index in [2.05, 4.69) is 48.5 Å². The highest BCUT2D eigenvalue weighted by molar-refractivity contribution is 5.25. The second kappa shape index (κ2) is 6.18. The zero-order valence-corrected chi connectivity index (χ0v) is 11.1. The van der Waals surface area contributed by atoms with Gasteiger partial charge in [-0.3, -0.25) is 4.90 Å². The maximum Gasteiger partial charge on any atom is 0.0236 e. The first-order chi connectivity index (χ1) is 8.29. The minimum atomic E-state index is 0.831. The van der Waals surface area contributed by atoms with E-state index in [0.717, 1.165) is 19.0 Å². The summed E-state index contributed by atoms with van der Waals surface area (Å²) in [5.74, 6) is 0.831. The van der Waals surface area contributed by atoms with Crippen LogP contribution in [-0.2, 0) is 6.54 Å². The number of hydrogen-bond acceptors (Lipinski definition) is 2. The Hall–Kier alpha value is -0.860. The highest BCUT2D eigenvalue weighted by atomic mass is 15.1. The molecular formula is C15H24N2. The maximum absolute atomic E-state index is 3.31. The molecule has 1 saturated heterocycles. The van der Waals surface area contributed by atoms with Crippen LogP contribution in [0.15, 0.2) is 24.3 Å². The molecule has 94 valence electrons. The van der Waals surface area contributed by atoms with Crippen LogP contribution in [0.5, 0.6) is 0 Å². The second-order valence-corrected chi connectivity index (χ2v) is 5.23. The van der Waals surface area contributed by atoms with Gasteiger partial charge < -0.3 is 5.32 Å². The SMILES string of the molecule is CNCC1CCCN(Cc2ccccc2C)C1. The molecule has 0 bridgehead atoms. The van der Waals surface area contributed by atoms with Crippen LogP contribution in [0.25, 0.3) is 0 Å². The van der Waals surface area contributed by atoms with E-state index in [9.17, 15) is 0 Å². The Morgan fingerprint density at radius 3 is 2.94 bits per heavy atom. The Morgan fingerprint density at radius 2 is 2.18 bits per heavy atom. The first-order valence-corrected chi connectivity index (χ1v) is 6.71. The van der Waals surface area contributed by atoms with Crippen LogP contribution < -0.4 is 5.32 Å². The molecule has 1 atom stereocenters. The molecule has 1 unspecified atom stereocenters. The van der Waals surface area contributed by atoms with Crippen molar-refractivity contribution < 1.29 is 0 Å². The van der Waals surface area contributed by atoms with Gasteiger partial charge in [0.15, 0.2) is 0 Å². The second-order valence-electron chi connectivity index (χ2n) is 5.23. The Labute approximate surface area is 105 Å². The molecule has 2 heteroatoms. The van der Waals surface area contributed by atoms with Gasteiger partial charge in [-0.1, -0.05) is 24.3 Å². The average Bonchev–Trinajstić information content (AvgIpc) is 2.33. The molecule has 1 heterocycles. The quantitative estimate of drug-likeness (QED) is 0.857. The van der Waals surface area contributed by atoms with Crippen molar-refractivity contribution in [2.24, 2.45) is 5.92 Å². The summed E-state index contributed by atoms with van der Waals surface area (Å²) in [4.78, 5) is 2.60. The molecule has 0 spiro atoms. The average molecular weight is 232 g/mol. The van der Waals surface area contributed by atoms with Crippen LogP contribution in [0.4, 0.5) is 0 Å². The zero-order valence-electron chi connectivity index (χ0n) is 11.1. The van der Waals surface area contributed by atoms with Gasteiger partial charge in [-0.25, -0.2) is 0 Å². The Balaban J connectivity index is 1.92. The molecule has 2 nitrogen and oxygen atoms in total. The molecule has 0 amide bonds. The minimum absolute atomic E-state index is 0.831. The van der Waals surface area contributed by atoms with Gasteiger partial charge in [-0.15, -0.1) is 0 Å². The van der Waals surface area contributed by atoms with E-state index < -0.39 is 0 Å². The molecule has 1 aliphatic heterocycles. The summed E-state index contributed by atoms with van der Waals surface area (Å²) in [6.45, 7) is 6.99. The predicted octanol–water partition coefficient (Wildman–Crippen LogP) is 2.43. The third-order valence-electron chi connectivity index (χ3n) is 3.75. The Morgan fingerprint density at radius 1 is 1.35 bits per heavy atom. The van der Waals surface area contributed by atoms with E-state index in [4.69, 9.17) is 0 Å². The summed E-state index contributed by atoms with van der Waals surface area (Å²) in [5.41, 5.74) is 2.90.